The molecule has 3 fully saturated rings. The predicted molar refractivity (Wildman–Crippen MR) is 134 cm³/mol. The van der Waals surface area contributed by atoms with Gasteiger partial charge in [-0.1, -0.05) is 48.4 Å². The van der Waals surface area contributed by atoms with Gasteiger partial charge in [0.1, 0.15) is 11.9 Å². The molecule has 0 saturated heterocycles. The summed E-state index contributed by atoms with van der Waals surface area (Å²) in [4.78, 5) is 24.3. The van der Waals surface area contributed by atoms with E-state index in [1.54, 1.807) is 0 Å². The van der Waals surface area contributed by atoms with E-state index in [4.69, 9.17) is 4.74 Å². The second kappa shape index (κ2) is 9.26. The molecule has 5 rings (SSSR count). The summed E-state index contributed by atoms with van der Waals surface area (Å²) in [6.45, 7) is 7.99. The summed E-state index contributed by atoms with van der Waals surface area (Å²) in [6, 6.07) is 8.76. The van der Waals surface area contributed by atoms with E-state index in [9.17, 15) is 9.59 Å². The first-order valence-electron chi connectivity index (χ1n) is 13.4. The second-order valence-corrected chi connectivity index (χ2v) is 12.0. The summed E-state index contributed by atoms with van der Waals surface area (Å²) in [7, 11) is 0. The van der Waals surface area contributed by atoms with E-state index in [0.29, 0.717) is 23.5 Å². The molecule has 0 spiro atoms. The molecule has 0 aromatic heterocycles. The van der Waals surface area contributed by atoms with Gasteiger partial charge in [0, 0.05) is 32.7 Å². The molecule has 0 bridgehead atoms. The highest BCUT2D eigenvalue weighted by molar-refractivity contribution is 5.82. The zero-order valence-electron chi connectivity index (χ0n) is 21.2. The van der Waals surface area contributed by atoms with Gasteiger partial charge in [0.25, 0.3) is 0 Å². The van der Waals surface area contributed by atoms with Gasteiger partial charge in [0.05, 0.1) is 0 Å². The van der Waals surface area contributed by atoms with Crippen LogP contribution in [0.4, 0.5) is 0 Å². The second-order valence-electron chi connectivity index (χ2n) is 12.0. The van der Waals surface area contributed by atoms with Crippen LogP contribution >= 0.6 is 0 Å². The third-order valence-electron chi connectivity index (χ3n) is 9.97. The molecular formula is C30H41NO3. The van der Waals surface area contributed by atoms with Gasteiger partial charge in [-0.05, 0) is 86.1 Å². The Balaban J connectivity index is 1.26. The highest BCUT2D eigenvalue weighted by atomic mass is 16.5. The SMILES string of the molecule is CC(=O)O[C@H]1CC[C@@]2(C)C(=CC[C@H]3[C@@H]4CC(=O)C[C@@]4(CCNCc4ccc(C)cc4)CC[C@@H]32)C1. The number of esters is 1. The van der Waals surface area contributed by atoms with Crippen LogP contribution in [0.2, 0.25) is 0 Å². The molecule has 4 heteroatoms. The van der Waals surface area contributed by atoms with E-state index in [2.05, 4.69) is 49.5 Å². The minimum atomic E-state index is -0.161. The van der Waals surface area contributed by atoms with Crippen LogP contribution in [0.1, 0.15) is 82.8 Å². The van der Waals surface area contributed by atoms with Crippen LogP contribution in [0, 0.1) is 35.5 Å². The molecule has 0 heterocycles. The summed E-state index contributed by atoms with van der Waals surface area (Å²) in [6.07, 6.45) is 11.7. The number of hydrogen-bond donors (Lipinski definition) is 1. The molecule has 1 aromatic rings. The van der Waals surface area contributed by atoms with Gasteiger partial charge < -0.3 is 10.1 Å². The fourth-order valence-electron chi connectivity index (χ4n) is 8.22. The van der Waals surface area contributed by atoms with Crippen LogP contribution in [-0.2, 0) is 20.9 Å². The quantitative estimate of drug-likeness (QED) is 0.323. The lowest BCUT2D eigenvalue weighted by Gasteiger charge is -2.57. The van der Waals surface area contributed by atoms with Crippen molar-refractivity contribution in [2.75, 3.05) is 6.54 Å². The number of nitrogens with one attached hydrogen (secondary N) is 1. The fourth-order valence-corrected chi connectivity index (χ4v) is 8.22. The molecule has 4 nitrogen and oxygen atoms in total. The molecule has 34 heavy (non-hydrogen) atoms. The number of carbonyl (C=O) groups excluding carboxylic acids is 2. The minimum Gasteiger partial charge on any atom is -0.462 e. The van der Waals surface area contributed by atoms with Gasteiger partial charge in [0.2, 0.25) is 0 Å². The first kappa shape index (κ1) is 23.8. The third-order valence-corrected chi connectivity index (χ3v) is 9.97. The molecule has 0 unspecified atom stereocenters. The summed E-state index contributed by atoms with van der Waals surface area (Å²) < 4.78 is 5.58. The van der Waals surface area contributed by atoms with E-state index >= 15 is 0 Å². The molecule has 3 saturated carbocycles. The van der Waals surface area contributed by atoms with Crippen molar-refractivity contribution in [3.63, 3.8) is 0 Å². The zero-order chi connectivity index (χ0) is 23.9. The molecule has 6 atom stereocenters. The standard InChI is InChI=1S/C30H41NO3/c1-20-4-6-22(7-5-20)19-31-15-14-30-13-11-27-26(28(30)17-24(33)18-30)9-8-23-16-25(34-21(2)32)10-12-29(23,27)3/h4-8,25-28,31H,9-19H2,1-3H3/t25-,26+,27-,28-,29-,30-/m0/s1. The van der Waals surface area contributed by atoms with Crippen molar-refractivity contribution >= 4 is 11.8 Å². The fraction of sp³-hybridized carbons (Fsp3) is 0.667. The Morgan fingerprint density at radius 1 is 1.12 bits per heavy atom. The Hall–Kier alpha value is -1.94. The summed E-state index contributed by atoms with van der Waals surface area (Å²) in [5, 5.41) is 3.67. The summed E-state index contributed by atoms with van der Waals surface area (Å²) in [5.74, 6) is 2.14. The van der Waals surface area contributed by atoms with Crippen molar-refractivity contribution in [2.45, 2.75) is 91.2 Å². The van der Waals surface area contributed by atoms with E-state index in [-0.39, 0.29) is 22.9 Å². The Labute approximate surface area is 204 Å². The molecule has 0 aliphatic heterocycles. The number of ketones is 1. The Morgan fingerprint density at radius 3 is 2.68 bits per heavy atom. The van der Waals surface area contributed by atoms with Crippen molar-refractivity contribution in [1.29, 1.82) is 0 Å². The molecule has 4 aliphatic carbocycles. The van der Waals surface area contributed by atoms with E-state index in [1.807, 2.05) is 0 Å². The minimum absolute atomic E-state index is 0.0451. The van der Waals surface area contributed by atoms with Gasteiger partial charge in [-0.2, -0.15) is 0 Å². The van der Waals surface area contributed by atoms with Gasteiger partial charge in [0.15, 0.2) is 0 Å². The molecule has 4 aliphatic rings. The van der Waals surface area contributed by atoms with E-state index in [0.717, 1.165) is 58.0 Å². The number of aryl methyl sites for hydroxylation is 1. The molecule has 1 N–H and O–H groups in total. The Bertz CT molecular complexity index is 966. The number of allylic oxidation sites excluding steroid dienone is 1. The molecule has 1 aromatic carbocycles. The molecule has 184 valence electrons. The average Bonchev–Trinajstić information content (AvgIpc) is 3.14. The van der Waals surface area contributed by atoms with Crippen molar-refractivity contribution in [3.05, 3.63) is 47.0 Å². The van der Waals surface area contributed by atoms with E-state index in [1.165, 1.54) is 36.5 Å². The van der Waals surface area contributed by atoms with Crippen molar-refractivity contribution in [2.24, 2.45) is 28.6 Å². The average molecular weight is 464 g/mol. The largest absolute Gasteiger partial charge is 0.462 e. The lowest BCUT2D eigenvalue weighted by Crippen LogP contribution is -2.50. The van der Waals surface area contributed by atoms with Gasteiger partial charge in [-0.15, -0.1) is 0 Å². The monoisotopic (exact) mass is 463 g/mol. The van der Waals surface area contributed by atoms with Crippen molar-refractivity contribution < 1.29 is 14.3 Å². The first-order chi connectivity index (χ1) is 16.3. The smallest absolute Gasteiger partial charge is 0.302 e. The maximum atomic E-state index is 12.8. The van der Waals surface area contributed by atoms with Crippen LogP contribution in [0.15, 0.2) is 35.9 Å². The van der Waals surface area contributed by atoms with Crippen LogP contribution in [0.3, 0.4) is 0 Å². The lowest BCUT2D eigenvalue weighted by atomic mass is 9.47. The first-order valence-corrected chi connectivity index (χ1v) is 13.4. The third kappa shape index (κ3) is 4.39. The van der Waals surface area contributed by atoms with Gasteiger partial charge in [-0.3, -0.25) is 9.59 Å². The number of rotatable bonds is 6. The lowest BCUT2D eigenvalue weighted by molar-refractivity contribution is -0.148. The van der Waals surface area contributed by atoms with Crippen molar-refractivity contribution in [1.82, 2.24) is 5.32 Å². The number of carbonyl (C=O) groups is 2. The van der Waals surface area contributed by atoms with Gasteiger partial charge in [-0.25, -0.2) is 0 Å². The van der Waals surface area contributed by atoms with Crippen molar-refractivity contribution in [3.8, 4) is 0 Å². The molecule has 0 radical (unpaired) electrons. The Kier molecular flexibility index (Phi) is 6.48. The number of benzene rings is 1. The topological polar surface area (TPSA) is 55.4 Å². The maximum Gasteiger partial charge on any atom is 0.302 e. The predicted octanol–water partition coefficient (Wildman–Crippen LogP) is 5.92. The highest BCUT2D eigenvalue weighted by Gasteiger charge is 2.58. The van der Waals surface area contributed by atoms with Crippen LogP contribution in [0.25, 0.3) is 0 Å². The molecule has 0 amide bonds. The van der Waals surface area contributed by atoms with Crippen LogP contribution in [-0.4, -0.2) is 24.4 Å². The number of hydrogen-bond acceptors (Lipinski definition) is 4. The van der Waals surface area contributed by atoms with E-state index < -0.39 is 0 Å². The summed E-state index contributed by atoms with van der Waals surface area (Å²) >= 11 is 0. The van der Waals surface area contributed by atoms with Crippen LogP contribution < -0.4 is 5.32 Å². The number of ether oxygens (including phenoxy) is 1. The van der Waals surface area contributed by atoms with Gasteiger partial charge >= 0.3 is 5.97 Å². The number of fused-ring (bicyclic) bond motifs is 5. The molecular weight excluding hydrogens is 422 g/mol. The highest BCUT2D eigenvalue weighted by Crippen LogP contribution is 2.65. The van der Waals surface area contributed by atoms with Crippen LogP contribution in [0.5, 0.6) is 0 Å². The number of Topliss-reactive ketones (excluding diaryl/α,β-unsaturated/α-hetero) is 1. The summed E-state index contributed by atoms with van der Waals surface area (Å²) in [5.41, 5.74) is 4.54. The normalized spacial score (nSPS) is 36.8. The Morgan fingerprint density at radius 2 is 1.91 bits per heavy atom. The zero-order valence-corrected chi connectivity index (χ0v) is 21.2. The maximum absolute atomic E-state index is 12.8.